The summed E-state index contributed by atoms with van der Waals surface area (Å²) in [5.41, 5.74) is -0.288. The summed E-state index contributed by atoms with van der Waals surface area (Å²) < 4.78 is 45.4. The molecule has 2 aromatic rings. The minimum absolute atomic E-state index is 0.356. The van der Waals surface area contributed by atoms with Gasteiger partial charge in [-0.1, -0.05) is 27.4 Å². The van der Waals surface area contributed by atoms with Crippen LogP contribution in [-0.4, -0.2) is 72.2 Å². The van der Waals surface area contributed by atoms with Gasteiger partial charge < -0.3 is 20.1 Å². The standard InChI is InChI=1S/C21H28BF3N3O3P/c23-7-1-8-26-9-11-31-17-3-5-19(27-13-17)20-18-4-2-16(22(29)30)12-15(18)6-10-28(20)14-21(24,25)32/h2-5,12-13,20,26,29-30H,1,6-11,14,32H2. The summed E-state index contributed by atoms with van der Waals surface area (Å²) in [6.07, 6.45) is 2.54. The normalized spacial score (nSPS) is 16.6. The summed E-state index contributed by atoms with van der Waals surface area (Å²) in [6, 6.07) is 8.06. The number of fused-ring (bicyclic) bond motifs is 1. The van der Waals surface area contributed by atoms with E-state index in [1.807, 2.05) is 0 Å². The molecule has 0 amide bonds. The van der Waals surface area contributed by atoms with Crippen LogP contribution in [-0.2, 0) is 6.42 Å². The van der Waals surface area contributed by atoms with E-state index in [2.05, 4.69) is 10.3 Å². The quantitative estimate of drug-likeness (QED) is 0.263. The predicted molar refractivity (Wildman–Crippen MR) is 121 cm³/mol. The van der Waals surface area contributed by atoms with E-state index in [9.17, 15) is 23.2 Å². The fourth-order valence-electron chi connectivity index (χ4n) is 3.84. The molecule has 6 nitrogen and oxygen atoms in total. The summed E-state index contributed by atoms with van der Waals surface area (Å²) >= 11 is 0. The Hall–Kier alpha value is -1.71. The van der Waals surface area contributed by atoms with Gasteiger partial charge in [0.2, 0.25) is 0 Å². The Morgan fingerprint density at radius 2 is 2.06 bits per heavy atom. The van der Waals surface area contributed by atoms with Gasteiger partial charge in [-0.25, -0.2) is 8.78 Å². The lowest BCUT2D eigenvalue weighted by molar-refractivity contribution is 0.0387. The van der Waals surface area contributed by atoms with Crippen molar-refractivity contribution in [1.29, 1.82) is 0 Å². The van der Waals surface area contributed by atoms with Crippen molar-refractivity contribution in [3.8, 4) is 5.75 Å². The highest BCUT2D eigenvalue weighted by Crippen LogP contribution is 2.37. The molecule has 0 saturated heterocycles. The summed E-state index contributed by atoms with van der Waals surface area (Å²) in [5, 5.41) is 22.0. The van der Waals surface area contributed by atoms with Crippen molar-refractivity contribution < 1.29 is 28.0 Å². The Morgan fingerprint density at radius 1 is 1.25 bits per heavy atom. The molecule has 0 radical (unpaired) electrons. The Kier molecular flexibility index (Phi) is 8.91. The van der Waals surface area contributed by atoms with Gasteiger partial charge in [-0.3, -0.25) is 14.3 Å². The van der Waals surface area contributed by atoms with E-state index >= 15 is 0 Å². The second-order valence-electron chi connectivity index (χ2n) is 7.78. The molecule has 3 rings (SSSR count). The smallest absolute Gasteiger partial charge is 0.488 e. The molecule has 2 heterocycles. The molecule has 0 aliphatic carbocycles. The summed E-state index contributed by atoms with van der Waals surface area (Å²) in [5.74, 6) is 0.554. The molecule has 3 N–H and O–H groups in total. The maximum absolute atomic E-state index is 13.8. The number of alkyl halides is 3. The Bertz CT molecular complexity index is 872. The van der Waals surface area contributed by atoms with Gasteiger partial charge in [-0.15, -0.1) is 0 Å². The molecular formula is C21H28BF3N3O3P. The number of nitrogens with zero attached hydrogens (tertiary/aromatic N) is 2. The number of halogens is 3. The molecule has 1 aromatic heterocycles. The molecule has 1 aliphatic heterocycles. The van der Waals surface area contributed by atoms with Gasteiger partial charge in [0, 0.05) is 13.1 Å². The van der Waals surface area contributed by atoms with E-state index in [1.165, 1.54) is 0 Å². The lowest BCUT2D eigenvalue weighted by Gasteiger charge is -2.38. The minimum Gasteiger partial charge on any atom is -0.491 e. The van der Waals surface area contributed by atoms with Crippen molar-refractivity contribution >= 4 is 21.8 Å². The maximum Gasteiger partial charge on any atom is 0.488 e. The van der Waals surface area contributed by atoms with Crippen LogP contribution >= 0.6 is 9.24 Å². The van der Waals surface area contributed by atoms with Crippen molar-refractivity contribution in [3.05, 3.63) is 53.3 Å². The molecular weight excluding hydrogens is 441 g/mol. The molecule has 2 unspecified atom stereocenters. The van der Waals surface area contributed by atoms with Crippen LogP contribution in [0, 0.1) is 0 Å². The molecule has 11 heteroatoms. The van der Waals surface area contributed by atoms with Crippen LogP contribution in [0.1, 0.15) is 29.3 Å². The van der Waals surface area contributed by atoms with E-state index in [0.717, 1.165) is 11.1 Å². The van der Waals surface area contributed by atoms with Gasteiger partial charge in [0.25, 0.3) is 5.66 Å². The second-order valence-corrected chi connectivity index (χ2v) is 8.62. The molecule has 0 fully saturated rings. The van der Waals surface area contributed by atoms with E-state index in [0.29, 0.717) is 56.0 Å². The Morgan fingerprint density at radius 3 is 2.72 bits per heavy atom. The molecule has 2 atom stereocenters. The van der Waals surface area contributed by atoms with Crippen molar-refractivity contribution in [1.82, 2.24) is 15.2 Å². The number of hydrogen-bond acceptors (Lipinski definition) is 6. The lowest BCUT2D eigenvalue weighted by atomic mass is 9.77. The number of nitrogens with one attached hydrogen (secondary N) is 1. The number of pyridine rings is 1. The fraction of sp³-hybridized carbons (Fsp3) is 0.476. The zero-order valence-corrected chi connectivity index (χ0v) is 18.8. The largest absolute Gasteiger partial charge is 0.491 e. The van der Waals surface area contributed by atoms with Crippen molar-refractivity contribution in [2.45, 2.75) is 24.5 Å². The summed E-state index contributed by atoms with van der Waals surface area (Å²) in [6.45, 7) is 1.15. The Balaban J connectivity index is 1.77. The number of hydrogen-bond donors (Lipinski definition) is 3. The van der Waals surface area contributed by atoms with Crippen LogP contribution in [0.3, 0.4) is 0 Å². The zero-order valence-electron chi connectivity index (χ0n) is 17.7. The lowest BCUT2D eigenvalue weighted by Crippen LogP contribution is -2.42. The summed E-state index contributed by atoms with van der Waals surface area (Å²) in [4.78, 5) is 6.16. The minimum atomic E-state index is -2.95. The highest BCUT2D eigenvalue weighted by atomic mass is 31.0. The zero-order chi connectivity index (χ0) is 23.1. The number of rotatable bonds is 11. The van der Waals surface area contributed by atoms with Crippen LogP contribution in [0.2, 0.25) is 0 Å². The van der Waals surface area contributed by atoms with Gasteiger partial charge in [-0.05, 0) is 48.1 Å². The van der Waals surface area contributed by atoms with Crippen molar-refractivity contribution in [2.75, 3.05) is 39.5 Å². The first-order chi connectivity index (χ1) is 15.3. The van der Waals surface area contributed by atoms with Crippen LogP contribution in [0.4, 0.5) is 13.2 Å². The molecule has 0 bridgehead atoms. The fourth-order valence-corrected chi connectivity index (χ4v) is 4.08. The van der Waals surface area contributed by atoms with Gasteiger partial charge in [0.05, 0.1) is 31.2 Å². The average Bonchev–Trinajstić information content (AvgIpc) is 2.75. The molecule has 0 saturated carbocycles. The van der Waals surface area contributed by atoms with Gasteiger partial charge in [0.15, 0.2) is 0 Å². The Labute approximate surface area is 188 Å². The van der Waals surface area contributed by atoms with Gasteiger partial charge in [-0.2, -0.15) is 0 Å². The van der Waals surface area contributed by atoms with Crippen LogP contribution < -0.4 is 15.5 Å². The average molecular weight is 469 g/mol. The van der Waals surface area contributed by atoms with E-state index in [1.54, 1.807) is 50.7 Å². The number of ether oxygens (including phenoxy) is 1. The topological polar surface area (TPSA) is 77.9 Å². The van der Waals surface area contributed by atoms with Crippen LogP contribution in [0.5, 0.6) is 5.75 Å². The number of aromatic nitrogens is 1. The SMILES string of the molecule is OB(O)c1ccc2c(c1)CCN(CC(F)(F)P)C2c1ccc(OCCNCCCF)cn1. The molecule has 32 heavy (non-hydrogen) atoms. The first-order valence-electron chi connectivity index (χ1n) is 10.5. The highest BCUT2D eigenvalue weighted by molar-refractivity contribution is 7.18. The third kappa shape index (κ3) is 6.89. The molecule has 174 valence electrons. The second kappa shape index (κ2) is 11.4. The van der Waals surface area contributed by atoms with Gasteiger partial charge >= 0.3 is 7.12 Å². The van der Waals surface area contributed by atoms with E-state index in [4.69, 9.17) is 4.74 Å². The number of benzene rings is 1. The molecule has 1 aromatic carbocycles. The highest BCUT2D eigenvalue weighted by Gasteiger charge is 2.35. The molecule has 0 spiro atoms. The van der Waals surface area contributed by atoms with Crippen LogP contribution in [0.25, 0.3) is 0 Å². The monoisotopic (exact) mass is 469 g/mol. The van der Waals surface area contributed by atoms with Crippen LogP contribution in [0.15, 0.2) is 36.5 Å². The van der Waals surface area contributed by atoms with Crippen molar-refractivity contribution in [2.24, 2.45) is 0 Å². The summed E-state index contributed by atoms with van der Waals surface area (Å²) in [7, 11) is -0.00496. The first-order valence-corrected chi connectivity index (χ1v) is 11.1. The van der Waals surface area contributed by atoms with E-state index < -0.39 is 25.4 Å². The third-order valence-corrected chi connectivity index (χ3v) is 5.46. The molecule has 1 aliphatic rings. The maximum atomic E-state index is 13.8. The third-order valence-electron chi connectivity index (χ3n) is 5.28. The first kappa shape index (κ1) is 24.9. The van der Waals surface area contributed by atoms with Gasteiger partial charge in [0.1, 0.15) is 12.4 Å². The van der Waals surface area contributed by atoms with Crippen molar-refractivity contribution in [3.63, 3.8) is 0 Å². The predicted octanol–water partition coefficient (Wildman–Crippen LogP) is 1.50. The van der Waals surface area contributed by atoms with E-state index in [-0.39, 0.29) is 6.67 Å².